The molecule has 31 heavy (non-hydrogen) atoms. The molecule has 2 fully saturated rings. The van der Waals surface area contributed by atoms with Crippen LogP contribution in [0.2, 0.25) is 0 Å². The second kappa shape index (κ2) is 7.22. The Morgan fingerprint density at radius 3 is 2.61 bits per heavy atom. The fourth-order valence-electron chi connectivity index (χ4n) is 4.01. The molecule has 1 saturated heterocycles. The van der Waals surface area contributed by atoms with Gasteiger partial charge in [0.1, 0.15) is 11.6 Å². The zero-order valence-electron chi connectivity index (χ0n) is 17.4. The number of amides is 1. The Hall–Kier alpha value is -2.62. The number of carbonyl (C=O) groups is 1. The Morgan fingerprint density at radius 2 is 2.00 bits per heavy atom. The number of carbonyl (C=O) groups excluding carboxylic acids is 1. The van der Waals surface area contributed by atoms with Crippen molar-refractivity contribution in [1.29, 1.82) is 0 Å². The Labute approximate surface area is 179 Å². The lowest BCUT2D eigenvalue weighted by Crippen LogP contribution is -2.35. The highest BCUT2D eigenvalue weighted by molar-refractivity contribution is 7.90. The lowest BCUT2D eigenvalue weighted by atomic mass is 10.1. The Balaban J connectivity index is 1.65. The molecule has 3 atom stereocenters. The van der Waals surface area contributed by atoms with Crippen molar-refractivity contribution in [3.05, 3.63) is 48.0 Å². The van der Waals surface area contributed by atoms with Gasteiger partial charge in [-0.15, -0.1) is 0 Å². The minimum absolute atomic E-state index is 0.0514. The summed E-state index contributed by atoms with van der Waals surface area (Å²) in [5.74, 6) is -2.79. The average molecular weight is 451 g/mol. The number of rotatable bonds is 6. The molecule has 2 heterocycles. The highest BCUT2D eigenvalue weighted by Crippen LogP contribution is 2.58. The standard InChI is InChI=1S/C21H23F2N3O4S/c1-13(20(2,22)23)30-17-6-5-15(31(3,28)29)9-16(17)18(27)26-11-14-10-21(14,12-26)19-24-7-4-8-25-19/h4-9,13-14H,10-12H2,1-3H3. The monoisotopic (exact) mass is 451 g/mol. The Morgan fingerprint density at radius 1 is 1.32 bits per heavy atom. The van der Waals surface area contributed by atoms with Gasteiger partial charge in [0.25, 0.3) is 11.8 Å². The van der Waals surface area contributed by atoms with Gasteiger partial charge in [-0.1, -0.05) is 0 Å². The molecule has 2 aromatic rings. The molecule has 0 N–H and O–H groups in total. The van der Waals surface area contributed by atoms with Crippen molar-refractivity contribution in [3.63, 3.8) is 0 Å². The van der Waals surface area contributed by atoms with Gasteiger partial charge in [0.2, 0.25) is 0 Å². The molecule has 1 aliphatic carbocycles. The van der Waals surface area contributed by atoms with E-state index >= 15 is 0 Å². The lowest BCUT2D eigenvalue weighted by Gasteiger charge is -2.25. The molecular formula is C21H23F2N3O4S. The molecule has 166 valence electrons. The molecular weight excluding hydrogens is 428 g/mol. The number of halogens is 2. The van der Waals surface area contributed by atoms with Crippen LogP contribution in [0, 0.1) is 5.92 Å². The molecule has 1 saturated carbocycles. The normalized spacial score (nSPS) is 23.9. The van der Waals surface area contributed by atoms with Gasteiger partial charge in [0.05, 0.1) is 15.9 Å². The maximum Gasteiger partial charge on any atom is 0.281 e. The van der Waals surface area contributed by atoms with Crippen LogP contribution in [0.5, 0.6) is 5.75 Å². The van der Waals surface area contributed by atoms with E-state index in [1.165, 1.54) is 25.1 Å². The lowest BCUT2D eigenvalue weighted by molar-refractivity contribution is -0.0720. The first-order valence-electron chi connectivity index (χ1n) is 9.87. The molecule has 4 rings (SSSR count). The number of nitrogens with zero attached hydrogens (tertiary/aromatic N) is 3. The number of hydrogen-bond acceptors (Lipinski definition) is 6. The predicted molar refractivity (Wildman–Crippen MR) is 108 cm³/mol. The molecule has 2 aliphatic rings. The molecule has 0 radical (unpaired) electrons. The summed E-state index contributed by atoms with van der Waals surface area (Å²) in [6.07, 6.45) is 3.70. The van der Waals surface area contributed by atoms with Crippen molar-refractivity contribution < 1.29 is 26.7 Å². The summed E-state index contributed by atoms with van der Waals surface area (Å²) in [4.78, 5) is 23.5. The van der Waals surface area contributed by atoms with Crippen LogP contribution in [0.1, 0.15) is 36.5 Å². The molecule has 3 unspecified atom stereocenters. The van der Waals surface area contributed by atoms with E-state index in [0.29, 0.717) is 18.9 Å². The van der Waals surface area contributed by atoms with E-state index in [-0.39, 0.29) is 27.5 Å². The SMILES string of the molecule is CC(Oc1ccc(S(C)(=O)=O)cc1C(=O)N1CC2CC2(c2ncccn2)C1)C(C)(F)F. The number of ether oxygens (including phenoxy) is 1. The van der Waals surface area contributed by atoms with E-state index in [1.54, 1.807) is 23.4 Å². The Kier molecular flexibility index (Phi) is 5.03. The molecule has 1 aliphatic heterocycles. The van der Waals surface area contributed by atoms with Crippen LogP contribution >= 0.6 is 0 Å². The molecule has 10 heteroatoms. The third-order valence-corrected chi connectivity index (χ3v) is 7.18. The van der Waals surface area contributed by atoms with Gasteiger partial charge in [-0.2, -0.15) is 0 Å². The van der Waals surface area contributed by atoms with Crippen LogP contribution in [0.25, 0.3) is 0 Å². The van der Waals surface area contributed by atoms with E-state index in [1.807, 2.05) is 0 Å². The predicted octanol–water partition coefficient (Wildman–Crippen LogP) is 2.72. The van der Waals surface area contributed by atoms with E-state index in [2.05, 4.69) is 9.97 Å². The van der Waals surface area contributed by atoms with Crippen molar-refractivity contribution in [1.82, 2.24) is 14.9 Å². The summed E-state index contributed by atoms with van der Waals surface area (Å²) in [7, 11) is -3.61. The third-order valence-electron chi connectivity index (χ3n) is 6.07. The van der Waals surface area contributed by atoms with Gasteiger partial charge in [0.15, 0.2) is 15.9 Å². The largest absolute Gasteiger partial charge is 0.484 e. The number of benzene rings is 1. The van der Waals surface area contributed by atoms with Gasteiger partial charge in [-0.25, -0.2) is 27.2 Å². The second-order valence-electron chi connectivity index (χ2n) is 8.46. The Bertz CT molecular complexity index is 1120. The van der Waals surface area contributed by atoms with Crippen molar-refractivity contribution in [2.45, 2.75) is 42.6 Å². The van der Waals surface area contributed by atoms with Crippen molar-refractivity contribution in [2.24, 2.45) is 5.92 Å². The number of sulfone groups is 1. The zero-order valence-corrected chi connectivity index (χ0v) is 18.2. The van der Waals surface area contributed by atoms with Crippen molar-refractivity contribution in [3.8, 4) is 5.75 Å². The summed E-state index contributed by atoms with van der Waals surface area (Å²) in [5.41, 5.74) is -0.361. The van der Waals surface area contributed by atoms with Crippen LogP contribution in [-0.4, -0.2) is 60.6 Å². The van der Waals surface area contributed by atoms with Crippen molar-refractivity contribution in [2.75, 3.05) is 19.3 Å². The molecule has 1 aromatic carbocycles. The number of fused-ring (bicyclic) bond motifs is 1. The number of aromatic nitrogens is 2. The highest BCUT2D eigenvalue weighted by Gasteiger charge is 2.63. The van der Waals surface area contributed by atoms with Gasteiger partial charge in [-0.05, 0) is 43.5 Å². The number of hydrogen-bond donors (Lipinski definition) is 0. The fourth-order valence-corrected chi connectivity index (χ4v) is 4.66. The van der Waals surface area contributed by atoms with Gasteiger partial charge < -0.3 is 9.64 Å². The zero-order chi connectivity index (χ0) is 22.6. The second-order valence-corrected chi connectivity index (χ2v) is 10.5. The molecule has 7 nitrogen and oxygen atoms in total. The summed E-state index contributed by atoms with van der Waals surface area (Å²) >= 11 is 0. The van der Waals surface area contributed by atoms with Gasteiger partial charge in [-0.3, -0.25) is 4.79 Å². The smallest absolute Gasteiger partial charge is 0.281 e. The first kappa shape index (κ1) is 21.6. The molecule has 0 spiro atoms. The third kappa shape index (κ3) is 4.00. The minimum atomic E-state index is -3.61. The van der Waals surface area contributed by atoms with Crippen LogP contribution in [0.15, 0.2) is 41.6 Å². The van der Waals surface area contributed by atoms with E-state index in [0.717, 1.165) is 19.6 Å². The first-order valence-corrected chi connectivity index (χ1v) is 11.8. The summed E-state index contributed by atoms with van der Waals surface area (Å²) in [6.45, 7) is 2.76. The maximum atomic E-state index is 13.7. The summed E-state index contributed by atoms with van der Waals surface area (Å²) in [5, 5.41) is 0. The van der Waals surface area contributed by atoms with Crippen molar-refractivity contribution >= 4 is 15.7 Å². The van der Waals surface area contributed by atoms with E-state index < -0.39 is 27.8 Å². The van der Waals surface area contributed by atoms with Gasteiger partial charge >= 0.3 is 0 Å². The van der Waals surface area contributed by atoms with Crippen LogP contribution in [0.3, 0.4) is 0 Å². The summed E-state index contributed by atoms with van der Waals surface area (Å²) < 4.78 is 56.8. The highest BCUT2D eigenvalue weighted by atomic mass is 32.2. The minimum Gasteiger partial charge on any atom is -0.484 e. The van der Waals surface area contributed by atoms with Gasteiger partial charge in [0, 0.05) is 38.7 Å². The van der Waals surface area contributed by atoms with Crippen LogP contribution in [0.4, 0.5) is 8.78 Å². The number of alkyl halides is 2. The first-order chi connectivity index (χ1) is 14.4. The molecule has 1 aromatic heterocycles. The fraction of sp³-hybridized carbons (Fsp3) is 0.476. The number of likely N-dealkylation sites (tertiary alicyclic amines) is 1. The van der Waals surface area contributed by atoms with E-state index in [9.17, 15) is 22.0 Å². The van der Waals surface area contributed by atoms with Crippen LogP contribution in [-0.2, 0) is 15.3 Å². The summed E-state index contributed by atoms with van der Waals surface area (Å²) in [6, 6.07) is 5.44. The maximum absolute atomic E-state index is 13.7. The van der Waals surface area contributed by atoms with Crippen LogP contribution < -0.4 is 4.74 Å². The molecule has 1 amide bonds. The number of piperidine rings is 1. The topological polar surface area (TPSA) is 89.5 Å². The van der Waals surface area contributed by atoms with E-state index in [4.69, 9.17) is 4.74 Å². The molecule has 0 bridgehead atoms. The quantitative estimate of drug-likeness (QED) is 0.671. The average Bonchev–Trinajstić information content (AvgIpc) is 3.28.